The van der Waals surface area contributed by atoms with Crippen molar-refractivity contribution < 1.29 is 9.90 Å². The molecule has 0 aromatic rings. The minimum atomic E-state index is 0.0686. The van der Waals surface area contributed by atoms with Crippen LogP contribution in [0.25, 0.3) is 0 Å². The van der Waals surface area contributed by atoms with E-state index in [-0.39, 0.29) is 18.6 Å². The van der Waals surface area contributed by atoms with Crippen LogP contribution in [0.1, 0.15) is 52.4 Å². The fraction of sp³-hybridized carbons (Fsp3) is 0.923. The highest BCUT2D eigenvalue weighted by Gasteiger charge is 2.25. The lowest BCUT2D eigenvalue weighted by Gasteiger charge is -2.29. The molecule has 2 atom stereocenters. The summed E-state index contributed by atoms with van der Waals surface area (Å²) < 4.78 is 0. The van der Waals surface area contributed by atoms with Gasteiger partial charge in [-0.05, 0) is 18.8 Å². The Bertz CT molecular complexity index is 218. The number of aliphatic hydroxyl groups excluding tert-OH is 1. The summed E-state index contributed by atoms with van der Waals surface area (Å²) in [6.45, 7) is 5.18. The van der Waals surface area contributed by atoms with Crippen molar-refractivity contribution in [3.05, 3.63) is 0 Å². The van der Waals surface area contributed by atoms with Gasteiger partial charge >= 0.3 is 0 Å². The first-order valence-electron chi connectivity index (χ1n) is 6.59. The number of hydrogen-bond acceptors (Lipinski definition) is 2. The molecule has 1 heterocycles. The molecular formula is C13H25NO2. The zero-order valence-electron chi connectivity index (χ0n) is 10.6. The summed E-state index contributed by atoms with van der Waals surface area (Å²) in [7, 11) is 0. The van der Waals surface area contributed by atoms with E-state index in [0.29, 0.717) is 12.3 Å². The monoisotopic (exact) mass is 227 g/mol. The van der Waals surface area contributed by atoms with Crippen molar-refractivity contribution in [2.45, 2.75) is 58.4 Å². The zero-order valence-corrected chi connectivity index (χ0v) is 10.6. The van der Waals surface area contributed by atoms with Crippen molar-refractivity contribution in [3.63, 3.8) is 0 Å². The van der Waals surface area contributed by atoms with Crippen molar-refractivity contribution in [2.24, 2.45) is 5.92 Å². The second-order valence-electron chi connectivity index (χ2n) is 4.99. The van der Waals surface area contributed by atoms with Crippen LogP contribution in [0, 0.1) is 5.92 Å². The molecule has 0 aliphatic carbocycles. The number of aliphatic hydroxyl groups is 1. The van der Waals surface area contributed by atoms with E-state index in [1.165, 1.54) is 6.42 Å². The Morgan fingerprint density at radius 2 is 2.19 bits per heavy atom. The fourth-order valence-corrected chi connectivity index (χ4v) is 2.26. The molecule has 0 bridgehead atoms. The maximum absolute atomic E-state index is 12.1. The third kappa shape index (κ3) is 3.78. The molecule has 1 aliphatic rings. The number of rotatable bonds is 4. The molecule has 1 fully saturated rings. The summed E-state index contributed by atoms with van der Waals surface area (Å²) in [6, 6.07) is 0.0686. The molecule has 1 saturated heterocycles. The van der Waals surface area contributed by atoms with Gasteiger partial charge in [0.05, 0.1) is 12.6 Å². The number of likely N-dealkylation sites (tertiary alicyclic amines) is 1. The topological polar surface area (TPSA) is 40.5 Å². The third-order valence-electron chi connectivity index (χ3n) is 3.63. The molecule has 1 N–H and O–H groups in total. The average Bonchev–Trinajstić information content (AvgIpc) is 2.53. The highest BCUT2D eigenvalue weighted by Crippen LogP contribution is 2.19. The van der Waals surface area contributed by atoms with Crippen molar-refractivity contribution in [2.75, 3.05) is 13.2 Å². The van der Waals surface area contributed by atoms with E-state index in [4.69, 9.17) is 0 Å². The van der Waals surface area contributed by atoms with Gasteiger partial charge in [0, 0.05) is 13.0 Å². The lowest BCUT2D eigenvalue weighted by Crippen LogP contribution is -2.42. The third-order valence-corrected chi connectivity index (χ3v) is 3.63. The molecule has 1 amide bonds. The highest BCUT2D eigenvalue weighted by molar-refractivity contribution is 5.76. The molecule has 0 spiro atoms. The number of nitrogens with zero attached hydrogens (tertiary/aromatic N) is 1. The Morgan fingerprint density at radius 3 is 2.81 bits per heavy atom. The van der Waals surface area contributed by atoms with Gasteiger partial charge < -0.3 is 10.0 Å². The van der Waals surface area contributed by atoms with Crippen LogP contribution >= 0.6 is 0 Å². The molecule has 0 radical (unpaired) electrons. The standard InChI is InChI=1S/C13H25NO2/c1-3-11(2)9-13(16)14-8-6-4-5-7-12(14)10-15/h11-12,15H,3-10H2,1-2H3. The maximum Gasteiger partial charge on any atom is 0.223 e. The van der Waals surface area contributed by atoms with Crippen LogP contribution in [0.15, 0.2) is 0 Å². The SMILES string of the molecule is CCC(C)CC(=O)N1CCCCCC1CO. The first kappa shape index (κ1) is 13.5. The quantitative estimate of drug-likeness (QED) is 0.799. The van der Waals surface area contributed by atoms with E-state index >= 15 is 0 Å². The molecule has 3 heteroatoms. The van der Waals surface area contributed by atoms with E-state index in [2.05, 4.69) is 13.8 Å². The molecular weight excluding hydrogens is 202 g/mol. The van der Waals surface area contributed by atoms with Gasteiger partial charge in [0.25, 0.3) is 0 Å². The Morgan fingerprint density at radius 1 is 1.44 bits per heavy atom. The fourth-order valence-electron chi connectivity index (χ4n) is 2.26. The lowest BCUT2D eigenvalue weighted by atomic mass is 10.0. The molecule has 0 aromatic heterocycles. The summed E-state index contributed by atoms with van der Waals surface area (Å²) in [5, 5.41) is 9.33. The second kappa shape index (κ2) is 6.89. The Hall–Kier alpha value is -0.570. The van der Waals surface area contributed by atoms with Crippen LogP contribution in [-0.2, 0) is 4.79 Å². The number of hydrogen-bond donors (Lipinski definition) is 1. The van der Waals surface area contributed by atoms with E-state index in [9.17, 15) is 9.90 Å². The van der Waals surface area contributed by atoms with Crippen LogP contribution in [0.5, 0.6) is 0 Å². The molecule has 16 heavy (non-hydrogen) atoms. The molecule has 1 rings (SSSR count). The van der Waals surface area contributed by atoms with E-state index in [1.54, 1.807) is 0 Å². The molecule has 0 aromatic carbocycles. The smallest absolute Gasteiger partial charge is 0.223 e. The second-order valence-corrected chi connectivity index (χ2v) is 4.99. The molecule has 0 saturated carbocycles. The Kier molecular flexibility index (Phi) is 5.81. The predicted octanol–water partition coefficient (Wildman–Crippen LogP) is 2.19. The molecule has 94 valence electrons. The first-order valence-corrected chi connectivity index (χ1v) is 6.59. The summed E-state index contributed by atoms with van der Waals surface area (Å²) in [4.78, 5) is 14.0. The molecule has 1 aliphatic heterocycles. The van der Waals surface area contributed by atoms with Crippen molar-refractivity contribution in [1.82, 2.24) is 4.90 Å². The summed E-state index contributed by atoms with van der Waals surface area (Å²) in [5.74, 6) is 0.686. The van der Waals surface area contributed by atoms with Gasteiger partial charge in [0.1, 0.15) is 0 Å². The summed E-state index contributed by atoms with van der Waals surface area (Å²) in [6.07, 6.45) is 6.05. The van der Waals surface area contributed by atoms with Crippen LogP contribution in [0.3, 0.4) is 0 Å². The first-order chi connectivity index (χ1) is 7.69. The van der Waals surface area contributed by atoms with Crippen molar-refractivity contribution in [3.8, 4) is 0 Å². The Balaban J connectivity index is 2.55. The number of carbonyl (C=O) groups is 1. The van der Waals surface area contributed by atoms with Crippen LogP contribution < -0.4 is 0 Å². The normalized spacial score (nSPS) is 23.9. The van der Waals surface area contributed by atoms with Gasteiger partial charge in [-0.3, -0.25) is 4.79 Å². The molecule has 3 nitrogen and oxygen atoms in total. The van der Waals surface area contributed by atoms with Crippen molar-refractivity contribution in [1.29, 1.82) is 0 Å². The van der Waals surface area contributed by atoms with Crippen molar-refractivity contribution >= 4 is 5.91 Å². The largest absolute Gasteiger partial charge is 0.394 e. The average molecular weight is 227 g/mol. The maximum atomic E-state index is 12.1. The van der Waals surface area contributed by atoms with Gasteiger partial charge in [-0.1, -0.05) is 33.1 Å². The highest BCUT2D eigenvalue weighted by atomic mass is 16.3. The number of amides is 1. The van der Waals surface area contributed by atoms with Crippen LogP contribution in [0.4, 0.5) is 0 Å². The van der Waals surface area contributed by atoms with Gasteiger partial charge in [-0.2, -0.15) is 0 Å². The van der Waals surface area contributed by atoms with E-state index in [1.807, 2.05) is 4.90 Å². The van der Waals surface area contributed by atoms with Gasteiger partial charge in [-0.25, -0.2) is 0 Å². The summed E-state index contributed by atoms with van der Waals surface area (Å²) >= 11 is 0. The summed E-state index contributed by atoms with van der Waals surface area (Å²) in [5.41, 5.74) is 0. The predicted molar refractivity (Wildman–Crippen MR) is 65.1 cm³/mol. The van der Waals surface area contributed by atoms with E-state index in [0.717, 1.165) is 32.2 Å². The Labute approximate surface area is 98.8 Å². The number of carbonyl (C=O) groups excluding carboxylic acids is 1. The lowest BCUT2D eigenvalue weighted by molar-refractivity contribution is -0.135. The van der Waals surface area contributed by atoms with Gasteiger partial charge in [0.15, 0.2) is 0 Å². The van der Waals surface area contributed by atoms with Crippen LogP contribution in [0.2, 0.25) is 0 Å². The van der Waals surface area contributed by atoms with Crippen LogP contribution in [-0.4, -0.2) is 35.1 Å². The van der Waals surface area contributed by atoms with Gasteiger partial charge in [-0.15, -0.1) is 0 Å². The van der Waals surface area contributed by atoms with E-state index < -0.39 is 0 Å². The van der Waals surface area contributed by atoms with Gasteiger partial charge in [0.2, 0.25) is 5.91 Å². The minimum absolute atomic E-state index is 0.0686. The minimum Gasteiger partial charge on any atom is -0.394 e. The molecule has 2 unspecified atom stereocenters. The zero-order chi connectivity index (χ0) is 12.0.